The van der Waals surface area contributed by atoms with Crippen LogP contribution in [0, 0.1) is 0 Å². The van der Waals surface area contributed by atoms with Gasteiger partial charge in [0, 0.05) is 19.8 Å². The van der Waals surface area contributed by atoms with Crippen LogP contribution in [-0.4, -0.2) is 43.0 Å². The molecule has 102 valence electrons. The van der Waals surface area contributed by atoms with Crippen LogP contribution in [0.5, 0.6) is 0 Å². The number of anilines is 2. The van der Waals surface area contributed by atoms with Gasteiger partial charge in [-0.3, -0.25) is 9.59 Å². The number of rotatable bonds is 3. The van der Waals surface area contributed by atoms with Crippen LogP contribution in [0.1, 0.15) is 24.2 Å². The first-order valence-corrected chi connectivity index (χ1v) is 6.10. The van der Waals surface area contributed by atoms with Gasteiger partial charge >= 0.3 is 0 Å². The predicted octanol–water partition coefficient (Wildman–Crippen LogP) is 1.05. The maximum absolute atomic E-state index is 11.7. The Morgan fingerprint density at radius 2 is 1.95 bits per heavy atom. The average molecular weight is 262 g/mol. The molecule has 1 aromatic rings. The van der Waals surface area contributed by atoms with Gasteiger partial charge in [-0.1, -0.05) is 0 Å². The fourth-order valence-corrected chi connectivity index (χ4v) is 2.03. The third-order valence-corrected chi connectivity index (χ3v) is 3.77. The Kier molecular flexibility index (Phi) is 3.10. The zero-order valence-corrected chi connectivity index (χ0v) is 11.6. The largest absolute Gasteiger partial charge is 0.394 e. The lowest BCUT2D eigenvalue weighted by molar-refractivity contribution is -0.114. The van der Waals surface area contributed by atoms with Crippen LogP contribution in [0.4, 0.5) is 11.4 Å². The summed E-state index contributed by atoms with van der Waals surface area (Å²) in [6.07, 6.45) is 0. The van der Waals surface area contributed by atoms with Crippen molar-refractivity contribution in [1.82, 2.24) is 0 Å². The van der Waals surface area contributed by atoms with E-state index in [-0.39, 0.29) is 6.61 Å². The fourth-order valence-electron chi connectivity index (χ4n) is 2.03. The molecule has 0 saturated heterocycles. The summed E-state index contributed by atoms with van der Waals surface area (Å²) in [5.41, 5.74) is 1.49. The molecule has 1 aromatic carbocycles. The number of aliphatic hydroxyl groups is 1. The van der Waals surface area contributed by atoms with Gasteiger partial charge in [0.15, 0.2) is 0 Å². The molecule has 1 N–H and O–H groups in total. The highest BCUT2D eigenvalue weighted by Gasteiger charge is 2.34. The number of aliphatic hydroxyl groups excluding tert-OH is 1. The van der Waals surface area contributed by atoms with Gasteiger partial charge in [-0.15, -0.1) is 0 Å². The second kappa shape index (κ2) is 4.35. The molecule has 0 fully saturated rings. The van der Waals surface area contributed by atoms with E-state index < -0.39 is 17.2 Å². The van der Waals surface area contributed by atoms with Crippen molar-refractivity contribution >= 4 is 23.1 Å². The number of carbonyl (C=O) groups is 2. The van der Waals surface area contributed by atoms with Crippen molar-refractivity contribution in [3.63, 3.8) is 0 Å². The van der Waals surface area contributed by atoms with E-state index in [4.69, 9.17) is 0 Å². The van der Waals surface area contributed by atoms with Crippen molar-refractivity contribution in [3.05, 3.63) is 23.8 Å². The number of Topliss-reactive ketones (excluding diaryl/α,β-unsaturated/α-hetero) is 1. The van der Waals surface area contributed by atoms with E-state index in [0.29, 0.717) is 11.3 Å². The summed E-state index contributed by atoms with van der Waals surface area (Å²) in [4.78, 5) is 26.6. The van der Waals surface area contributed by atoms with Gasteiger partial charge in [-0.2, -0.15) is 0 Å². The molecule has 0 bridgehead atoms. The van der Waals surface area contributed by atoms with Gasteiger partial charge < -0.3 is 14.9 Å². The van der Waals surface area contributed by atoms with Gasteiger partial charge in [0.2, 0.25) is 0 Å². The predicted molar refractivity (Wildman–Crippen MR) is 73.8 cm³/mol. The third kappa shape index (κ3) is 2.00. The van der Waals surface area contributed by atoms with Crippen LogP contribution >= 0.6 is 0 Å². The lowest BCUT2D eigenvalue weighted by Crippen LogP contribution is -2.44. The first-order valence-electron chi connectivity index (χ1n) is 6.10. The van der Waals surface area contributed by atoms with E-state index in [1.165, 1.54) is 4.90 Å². The Labute approximate surface area is 112 Å². The molecule has 1 aliphatic rings. The first-order chi connectivity index (χ1) is 8.79. The molecule has 0 aromatic heterocycles. The topological polar surface area (TPSA) is 60.9 Å². The number of ketones is 1. The monoisotopic (exact) mass is 262 g/mol. The highest BCUT2D eigenvalue weighted by molar-refractivity contribution is 6.52. The summed E-state index contributed by atoms with van der Waals surface area (Å²) in [7, 11) is 3.46. The van der Waals surface area contributed by atoms with E-state index >= 15 is 0 Å². The Bertz CT molecular complexity index is 552. The Morgan fingerprint density at radius 1 is 1.32 bits per heavy atom. The maximum Gasteiger partial charge on any atom is 0.299 e. The lowest BCUT2D eigenvalue weighted by atomic mass is 10.0. The fraction of sp³-hybridized carbons (Fsp3) is 0.429. The van der Waals surface area contributed by atoms with Crippen molar-refractivity contribution in [2.45, 2.75) is 19.4 Å². The molecule has 19 heavy (non-hydrogen) atoms. The number of carbonyl (C=O) groups excluding carboxylic acids is 2. The van der Waals surface area contributed by atoms with Gasteiger partial charge in [0.25, 0.3) is 11.7 Å². The van der Waals surface area contributed by atoms with E-state index in [1.807, 2.05) is 25.8 Å². The van der Waals surface area contributed by atoms with Crippen molar-refractivity contribution in [3.8, 4) is 0 Å². The second-order valence-electron chi connectivity index (χ2n) is 5.42. The van der Waals surface area contributed by atoms with E-state index in [2.05, 4.69) is 0 Å². The number of hydrogen-bond donors (Lipinski definition) is 1. The zero-order valence-electron chi connectivity index (χ0n) is 11.6. The number of amides is 1. The SMILES string of the molecule is CN1C(=O)C(=O)c2ccc(N(C)C(C)(C)CO)cc21. The third-order valence-electron chi connectivity index (χ3n) is 3.77. The molecular formula is C14H18N2O3. The highest BCUT2D eigenvalue weighted by Crippen LogP contribution is 2.33. The molecule has 5 nitrogen and oxygen atoms in total. The molecule has 0 radical (unpaired) electrons. The van der Waals surface area contributed by atoms with Gasteiger partial charge in [0.05, 0.1) is 23.4 Å². The van der Waals surface area contributed by atoms with Crippen LogP contribution in [0.15, 0.2) is 18.2 Å². The first kappa shape index (κ1) is 13.5. The molecule has 0 spiro atoms. The number of hydrogen-bond acceptors (Lipinski definition) is 4. The molecule has 0 unspecified atom stereocenters. The molecule has 0 atom stereocenters. The average Bonchev–Trinajstić information content (AvgIpc) is 2.62. The van der Waals surface area contributed by atoms with Gasteiger partial charge in [0.1, 0.15) is 0 Å². The molecule has 0 saturated carbocycles. The lowest BCUT2D eigenvalue weighted by Gasteiger charge is -2.36. The Hall–Kier alpha value is -1.88. The van der Waals surface area contributed by atoms with Crippen LogP contribution in [0.3, 0.4) is 0 Å². The number of likely N-dealkylation sites (N-methyl/N-ethyl adjacent to an activating group) is 2. The number of nitrogens with zero attached hydrogens (tertiary/aromatic N) is 2. The molecule has 2 rings (SSSR count). The minimum atomic E-state index is -0.503. The van der Waals surface area contributed by atoms with Crippen LogP contribution in [0.25, 0.3) is 0 Å². The van der Waals surface area contributed by atoms with Crippen LogP contribution < -0.4 is 9.80 Å². The number of fused-ring (bicyclic) bond motifs is 1. The molecule has 1 aliphatic heterocycles. The normalized spacial score (nSPS) is 14.9. The minimum absolute atomic E-state index is 0.00822. The van der Waals surface area contributed by atoms with Crippen LogP contribution in [-0.2, 0) is 4.79 Å². The molecular weight excluding hydrogens is 244 g/mol. The standard InChI is InChI=1S/C14H18N2O3/c1-14(2,8-17)16(4)9-5-6-10-11(7-9)15(3)13(19)12(10)18/h5-7,17H,8H2,1-4H3. The summed E-state index contributed by atoms with van der Waals surface area (Å²) in [5.74, 6) is -0.968. The number of benzene rings is 1. The van der Waals surface area contributed by atoms with Crippen molar-refractivity contribution in [2.24, 2.45) is 0 Å². The van der Waals surface area contributed by atoms with E-state index in [0.717, 1.165) is 5.69 Å². The summed E-state index contributed by atoms with van der Waals surface area (Å²) < 4.78 is 0. The maximum atomic E-state index is 11.7. The highest BCUT2D eigenvalue weighted by atomic mass is 16.3. The summed E-state index contributed by atoms with van der Waals surface area (Å²) in [6, 6.07) is 5.26. The minimum Gasteiger partial charge on any atom is -0.394 e. The molecule has 1 amide bonds. The Balaban J connectivity index is 2.44. The summed E-state index contributed by atoms with van der Waals surface area (Å²) in [5, 5.41) is 9.39. The van der Waals surface area contributed by atoms with E-state index in [9.17, 15) is 14.7 Å². The summed E-state index contributed by atoms with van der Waals surface area (Å²) >= 11 is 0. The molecule has 1 heterocycles. The smallest absolute Gasteiger partial charge is 0.299 e. The van der Waals surface area contributed by atoms with Gasteiger partial charge in [-0.05, 0) is 32.0 Å². The van der Waals surface area contributed by atoms with E-state index in [1.54, 1.807) is 25.2 Å². The van der Waals surface area contributed by atoms with Crippen molar-refractivity contribution < 1.29 is 14.7 Å². The van der Waals surface area contributed by atoms with Gasteiger partial charge in [-0.25, -0.2) is 0 Å². The van der Waals surface area contributed by atoms with Crippen molar-refractivity contribution in [2.75, 3.05) is 30.5 Å². The van der Waals surface area contributed by atoms with Crippen molar-refractivity contribution in [1.29, 1.82) is 0 Å². The zero-order chi connectivity index (χ0) is 14.4. The second-order valence-corrected chi connectivity index (χ2v) is 5.42. The Morgan fingerprint density at radius 3 is 2.53 bits per heavy atom. The van der Waals surface area contributed by atoms with Crippen LogP contribution in [0.2, 0.25) is 0 Å². The molecule has 0 aliphatic carbocycles. The molecule has 5 heteroatoms. The summed E-state index contributed by atoms with van der Waals surface area (Å²) in [6.45, 7) is 3.84. The quantitative estimate of drug-likeness (QED) is 0.827.